The molecule has 1 heterocycles. The first-order valence-electron chi connectivity index (χ1n) is 7.92. The highest BCUT2D eigenvalue weighted by atomic mass is 16.3. The summed E-state index contributed by atoms with van der Waals surface area (Å²) >= 11 is 0. The molecule has 1 aromatic carbocycles. The Balaban J connectivity index is 1.96. The molecule has 0 radical (unpaired) electrons. The number of aromatic hydroxyl groups is 1. The summed E-state index contributed by atoms with van der Waals surface area (Å²) in [5, 5.41) is 29.6. The molecular weight excluding hydrogens is 308 g/mol. The zero-order valence-corrected chi connectivity index (χ0v) is 14.2. The lowest BCUT2D eigenvalue weighted by Crippen LogP contribution is -2.41. The third-order valence-corrected chi connectivity index (χ3v) is 4.01. The van der Waals surface area contributed by atoms with Crippen molar-refractivity contribution >= 4 is 6.03 Å². The monoisotopic (exact) mass is 332 g/mol. The average Bonchev–Trinajstić information content (AvgIpc) is 2.88. The summed E-state index contributed by atoms with van der Waals surface area (Å²) in [6.45, 7) is 6.63. The van der Waals surface area contributed by atoms with Crippen molar-refractivity contribution in [3.8, 4) is 5.75 Å². The van der Waals surface area contributed by atoms with Gasteiger partial charge in [-0.25, -0.2) is 4.79 Å². The highest BCUT2D eigenvalue weighted by Crippen LogP contribution is 2.19. The van der Waals surface area contributed by atoms with Gasteiger partial charge >= 0.3 is 6.03 Å². The fourth-order valence-electron chi connectivity index (χ4n) is 2.51. The Morgan fingerprint density at radius 2 is 2.17 bits per heavy atom. The maximum Gasteiger partial charge on any atom is 0.317 e. The Labute approximate surface area is 141 Å². The van der Waals surface area contributed by atoms with Crippen LogP contribution in [-0.2, 0) is 6.54 Å². The minimum atomic E-state index is -0.861. The van der Waals surface area contributed by atoms with Crippen molar-refractivity contribution in [2.45, 2.75) is 33.4 Å². The van der Waals surface area contributed by atoms with Gasteiger partial charge in [-0.05, 0) is 38.5 Å². The van der Waals surface area contributed by atoms with E-state index >= 15 is 0 Å². The Hall–Kier alpha value is -2.54. The van der Waals surface area contributed by atoms with Crippen LogP contribution in [0.2, 0.25) is 0 Å². The molecule has 24 heavy (non-hydrogen) atoms. The fraction of sp³-hybridized carbons (Fsp3) is 0.412. The number of benzene rings is 1. The van der Waals surface area contributed by atoms with Gasteiger partial charge in [0.05, 0.1) is 18.3 Å². The van der Waals surface area contributed by atoms with E-state index in [1.165, 1.54) is 17.0 Å². The first-order chi connectivity index (χ1) is 11.4. The Kier molecular flexibility index (Phi) is 5.81. The van der Waals surface area contributed by atoms with Crippen molar-refractivity contribution in [1.82, 2.24) is 20.4 Å². The van der Waals surface area contributed by atoms with Crippen molar-refractivity contribution < 1.29 is 15.0 Å². The van der Waals surface area contributed by atoms with Crippen LogP contribution in [-0.4, -0.2) is 44.4 Å². The number of H-pyrrole nitrogens is 1. The van der Waals surface area contributed by atoms with Crippen LogP contribution in [0.4, 0.5) is 4.79 Å². The number of nitrogens with zero attached hydrogens (tertiary/aromatic N) is 2. The quantitative estimate of drug-likeness (QED) is 0.650. The van der Waals surface area contributed by atoms with Crippen molar-refractivity contribution in [2.24, 2.45) is 0 Å². The second-order valence-electron chi connectivity index (χ2n) is 5.72. The molecule has 0 aliphatic rings. The van der Waals surface area contributed by atoms with Crippen LogP contribution < -0.4 is 5.32 Å². The minimum absolute atomic E-state index is 0.0879. The molecule has 7 nitrogen and oxygen atoms in total. The molecule has 7 heteroatoms. The molecule has 2 aromatic rings. The van der Waals surface area contributed by atoms with Crippen LogP contribution in [0.3, 0.4) is 0 Å². The maximum atomic E-state index is 12.3. The highest BCUT2D eigenvalue weighted by Gasteiger charge is 2.18. The van der Waals surface area contributed by atoms with Gasteiger partial charge in [-0.15, -0.1) is 0 Å². The molecule has 0 saturated carbocycles. The maximum absolute atomic E-state index is 12.3. The lowest BCUT2D eigenvalue weighted by molar-refractivity contribution is 0.123. The third-order valence-electron chi connectivity index (χ3n) is 4.01. The average molecular weight is 332 g/mol. The molecule has 130 valence electrons. The van der Waals surface area contributed by atoms with E-state index in [4.69, 9.17) is 0 Å². The minimum Gasteiger partial charge on any atom is -0.508 e. The van der Waals surface area contributed by atoms with Crippen molar-refractivity contribution in [2.75, 3.05) is 13.1 Å². The standard InChI is InChI=1S/C17H24N4O3/c1-4-21(10-16(23)13-6-5-7-14(22)8-13)17(24)18-9-15-11(2)19-20-12(15)3/h5-8,16,22-23H,4,9-10H2,1-3H3,(H,18,24)(H,19,20)/t16-/m1/s1. The lowest BCUT2D eigenvalue weighted by atomic mass is 10.1. The third kappa shape index (κ3) is 4.26. The van der Waals surface area contributed by atoms with E-state index in [2.05, 4.69) is 15.5 Å². The van der Waals surface area contributed by atoms with Gasteiger partial charge in [0.2, 0.25) is 0 Å². The number of carbonyl (C=O) groups is 1. The summed E-state index contributed by atoms with van der Waals surface area (Å²) in [4.78, 5) is 13.9. The number of phenolic OH excluding ortho intramolecular Hbond substituents is 1. The van der Waals surface area contributed by atoms with Gasteiger partial charge in [0.25, 0.3) is 0 Å². The summed E-state index contributed by atoms with van der Waals surface area (Å²) in [6, 6.07) is 6.16. The highest BCUT2D eigenvalue weighted by molar-refractivity contribution is 5.74. The molecule has 2 amide bonds. The normalized spacial score (nSPS) is 12.0. The van der Waals surface area contributed by atoms with E-state index in [9.17, 15) is 15.0 Å². The Morgan fingerprint density at radius 3 is 2.75 bits per heavy atom. The molecule has 2 rings (SSSR count). The molecule has 0 aliphatic heterocycles. The largest absolute Gasteiger partial charge is 0.508 e. The summed E-state index contributed by atoms with van der Waals surface area (Å²) in [5.74, 6) is 0.0879. The lowest BCUT2D eigenvalue weighted by Gasteiger charge is -2.24. The van der Waals surface area contributed by atoms with Crippen LogP contribution in [0.15, 0.2) is 24.3 Å². The predicted octanol–water partition coefficient (Wildman–Crippen LogP) is 2.00. The number of likely N-dealkylation sites (N-methyl/N-ethyl adjacent to an activating group) is 1. The summed E-state index contributed by atoms with van der Waals surface area (Å²) in [6.07, 6.45) is -0.861. The van der Waals surface area contributed by atoms with E-state index in [0.29, 0.717) is 18.7 Å². The number of rotatable bonds is 6. The van der Waals surface area contributed by atoms with Crippen LogP contribution in [0, 0.1) is 13.8 Å². The number of urea groups is 1. The molecule has 0 aliphatic carbocycles. The molecule has 0 fully saturated rings. The Bertz CT molecular complexity index is 679. The van der Waals surface area contributed by atoms with Crippen LogP contribution in [0.5, 0.6) is 5.75 Å². The van der Waals surface area contributed by atoms with Gasteiger partial charge in [-0.1, -0.05) is 12.1 Å². The van der Waals surface area contributed by atoms with E-state index < -0.39 is 6.10 Å². The van der Waals surface area contributed by atoms with Gasteiger partial charge in [0.1, 0.15) is 5.75 Å². The van der Waals surface area contributed by atoms with Gasteiger partial charge in [-0.3, -0.25) is 5.10 Å². The number of aliphatic hydroxyl groups excluding tert-OH is 1. The number of aryl methyl sites for hydroxylation is 2. The summed E-state index contributed by atoms with van der Waals surface area (Å²) in [5.41, 5.74) is 3.32. The number of hydrogen-bond donors (Lipinski definition) is 4. The molecular formula is C17H24N4O3. The predicted molar refractivity (Wildman–Crippen MR) is 90.6 cm³/mol. The zero-order chi connectivity index (χ0) is 17.7. The van der Waals surface area contributed by atoms with Crippen molar-refractivity contribution in [3.63, 3.8) is 0 Å². The molecule has 4 N–H and O–H groups in total. The van der Waals surface area contributed by atoms with Crippen molar-refractivity contribution in [1.29, 1.82) is 0 Å². The Morgan fingerprint density at radius 1 is 1.42 bits per heavy atom. The second kappa shape index (κ2) is 7.83. The molecule has 1 aromatic heterocycles. The molecule has 0 saturated heterocycles. The van der Waals surface area contributed by atoms with Gasteiger partial charge < -0.3 is 20.4 Å². The number of aromatic nitrogens is 2. The van der Waals surface area contributed by atoms with E-state index in [0.717, 1.165) is 17.0 Å². The number of aromatic amines is 1. The molecule has 0 spiro atoms. The number of nitrogens with one attached hydrogen (secondary N) is 2. The molecule has 0 unspecified atom stereocenters. The van der Waals surface area contributed by atoms with Crippen LogP contribution in [0.1, 0.15) is 35.5 Å². The first-order valence-corrected chi connectivity index (χ1v) is 7.92. The molecule has 0 bridgehead atoms. The fourth-order valence-corrected chi connectivity index (χ4v) is 2.51. The van der Waals surface area contributed by atoms with Crippen LogP contribution in [0.25, 0.3) is 0 Å². The first kappa shape index (κ1) is 17.8. The number of hydrogen-bond acceptors (Lipinski definition) is 4. The SMILES string of the molecule is CCN(C[C@@H](O)c1cccc(O)c1)C(=O)NCc1c(C)n[nH]c1C. The van der Waals surface area contributed by atoms with Gasteiger partial charge in [0.15, 0.2) is 0 Å². The smallest absolute Gasteiger partial charge is 0.317 e. The summed E-state index contributed by atoms with van der Waals surface area (Å²) in [7, 11) is 0. The topological polar surface area (TPSA) is 101 Å². The van der Waals surface area contributed by atoms with Gasteiger partial charge in [0, 0.05) is 24.3 Å². The van der Waals surface area contributed by atoms with E-state index in [1.807, 2.05) is 20.8 Å². The number of carbonyl (C=O) groups excluding carboxylic acids is 1. The number of phenols is 1. The zero-order valence-electron chi connectivity index (χ0n) is 14.2. The van der Waals surface area contributed by atoms with Crippen molar-refractivity contribution in [3.05, 3.63) is 46.8 Å². The molecule has 1 atom stereocenters. The number of amides is 2. The van der Waals surface area contributed by atoms with E-state index in [-0.39, 0.29) is 18.3 Å². The van der Waals surface area contributed by atoms with E-state index in [1.54, 1.807) is 12.1 Å². The van der Waals surface area contributed by atoms with Crippen LogP contribution >= 0.6 is 0 Å². The van der Waals surface area contributed by atoms with Gasteiger partial charge in [-0.2, -0.15) is 5.10 Å². The number of aliphatic hydroxyl groups is 1. The summed E-state index contributed by atoms with van der Waals surface area (Å²) < 4.78 is 0. The second-order valence-corrected chi connectivity index (χ2v) is 5.72.